The molecule has 0 saturated heterocycles. The summed E-state index contributed by atoms with van der Waals surface area (Å²) in [5.41, 5.74) is 9.86. The van der Waals surface area contributed by atoms with Crippen LogP contribution in [0.15, 0.2) is 17.0 Å². The number of nitrogens with one attached hydrogen (secondary N) is 1. The monoisotopic (exact) mass is 303 g/mol. The summed E-state index contributed by atoms with van der Waals surface area (Å²) in [6.45, 7) is 4.26. The lowest BCUT2D eigenvalue weighted by atomic mass is 9.93. The molecule has 0 radical (unpaired) electrons. The van der Waals surface area contributed by atoms with Crippen LogP contribution in [0.5, 0.6) is 0 Å². The number of anilines is 1. The second-order valence-corrected chi connectivity index (χ2v) is 6.96. The highest BCUT2D eigenvalue weighted by Gasteiger charge is 2.28. The van der Waals surface area contributed by atoms with Gasteiger partial charge >= 0.3 is 0 Å². The number of carbonyl (C=O) groups is 1. The van der Waals surface area contributed by atoms with Gasteiger partial charge in [-0.15, -0.1) is 0 Å². The van der Waals surface area contributed by atoms with Crippen molar-refractivity contribution < 1.29 is 17.6 Å². The normalized spacial score (nSPS) is 12.4. The molecular formula is C12H18FN3O3S. The number of benzene rings is 1. The predicted octanol–water partition coefficient (Wildman–Crippen LogP) is 0.506. The van der Waals surface area contributed by atoms with Gasteiger partial charge in [-0.25, -0.2) is 17.5 Å². The summed E-state index contributed by atoms with van der Waals surface area (Å²) < 4.78 is 39.8. The minimum Gasteiger partial charge on any atom is -0.398 e. The highest BCUT2D eigenvalue weighted by atomic mass is 32.2. The van der Waals surface area contributed by atoms with Gasteiger partial charge in [0.05, 0.1) is 10.3 Å². The number of carbonyl (C=O) groups excluding carboxylic acids is 1. The van der Waals surface area contributed by atoms with Gasteiger partial charge in [-0.2, -0.15) is 0 Å². The minimum atomic E-state index is -3.97. The molecule has 0 aliphatic rings. The van der Waals surface area contributed by atoms with Crippen LogP contribution in [0.3, 0.4) is 0 Å². The zero-order valence-corrected chi connectivity index (χ0v) is 12.3. The summed E-state index contributed by atoms with van der Waals surface area (Å²) in [7, 11) is -3.97. The molecule has 1 amide bonds. The van der Waals surface area contributed by atoms with Gasteiger partial charge in [0.15, 0.2) is 0 Å². The molecule has 20 heavy (non-hydrogen) atoms. The highest BCUT2D eigenvalue weighted by Crippen LogP contribution is 2.21. The molecule has 1 rings (SSSR count). The van der Waals surface area contributed by atoms with Gasteiger partial charge in [-0.1, -0.05) is 0 Å². The standard InChI is InChI=1S/C12H18FN3O3S/c1-7-9(13)4-8(5-10(7)14)20(18,19)16-6-12(2,3)11(15)17/h4-5,16H,6,14H2,1-3H3,(H2,15,17). The Labute approximate surface area is 117 Å². The van der Waals surface area contributed by atoms with Gasteiger partial charge < -0.3 is 11.5 Å². The number of primary amides is 1. The van der Waals surface area contributed by atoms with E-state index >= 15 is 0 Å². The average molecular weight is 303 g/mol. The van der Waals surface area contributed by atoms with Gasteiger partial charge in [-0.05, 0) is 32.9 Å². The number of nitrogens with two attached hydrogens (primary N) is 2. The molecule has 0 unspecified atom stereocenters. The molecule has 0 spiro atoms. The molecule has 0 heterocycles. The molecule has 8 heteroatoms. The fraction of sp³-hybridized carbons (Fsp3) is 0.417. The Hall–Kier alpha value is -1.67. The van der Waals surface area contributed by atoms with Gasteiger partial charge in [0.1, 0.15) is 5.82 Å². The average Bonchev–Trinajstić information content (AvgIpc) is 2.33. The highest BCUT2D eigenvalue weighted by molar-refractivity contribution is 7.89. The van der Waals surface area contributed by atoms with Crippen molar-refractivity contribution in [3.05, 3.63) is 23.5 Å². The number of hydrogen-bond acceptors (Lipinski definition) is 4. The van der Waals surface area contributed by atoms with E-state index < -0.39 is 27.2 Å². The molecule has 1 aromatic rings. The first kappa shape index (κ1) is 16.4. The topological polar surface area (TPSA) is 115 Å². The molecule has 0 aromatic heterocycles. The van der Waals surface area contributed by atoms with E-state index in [0.717, 1.165) is 12.1 Å². The summed E-state index contributed by atoms with van der Waals surface area (Å²) in [4.78, 5) is 10.8. The summed E-state index contributed by atoms with van der Waals surface area (Å²) in [5, 5.41) is 0. The molecule has 112 valence electrons. The maximum Gasteiger partial charge on any atom is 0.240 e. The Balaban J connectivity index is 3.04. The van der Waals surface area contributed by atoms with Crippen LogP contribution in [0, 0.1) is 18.2 Å². The molecule has 0 bridgehead atoms. The molecule has 0 aliphatic carbocycles. The van der Waals surface area contributed by atoms with Crippen LogP contribution < -0.4 is 16.2 Å². The van der Waals surface area contributed by atoms with Crippen molar-refractivity contribution in [3.8, 4) is 0 Å². The maximum absolute atomic E-state index is 13.5. The Kier molecular flexibility index (Phi) is 4.40. The number of amides is 1. The van der Waals surface area contributed by atoms with Gasteiger partial charge in [-0.3, -0.25) is 4.79 Å². The number of rotatable bonds is 5. The second kappa shape index (κ2) is 5.37. The largest absolute Gasteiger partial charge is 0.398 e. The van der Waals surface area contributed by atoms with Gasteiger partial charge in [0, 0.05) is 17.8 Å². The van der Waals surface area contributed by atoms with Crippen LogP contribution in [-0.2, 0) is 14.8 Å². The first-order chi connectivity index (χ1) is 8.97. The number of hydrogen-bond donors (Lipinski definition) is 3. The summed E-state index contributed by atoms with van der Waals surface area (Å²) in [6, 6.07) is 2.04. The van der Waals surface area contributed by atoms with Crippen molar-refractivity contribution in [2.75, 3.05) is 12.3 Å². The van der Waals surface area contributed by atoms with E-state index in [-0.39, 0.29) is 22.7 Å². The van der Waals surface area contributed by atoms with Crippen LogP contribution in [0.1, 0.15) is 19.4 Å². The third-order valence-corrected chi connectivity index (χ3v) is 4.42. The van der Waals surface area contributed by atoms with Crippen molar-refractivity contribution in [1.82, 2.24) is 4.72 Å². The second-order valence-electron chi connectivity index (χ2n) is 5.19. The lowest BCUT2D eigenvalue weighted by molar-refractivity contribution is -0.125. The van der Waals surface area contributed by atoms with E-state index in [0.29, 0.717) is 0 Å². The summed E-state index contributed by atoms with van der Waals surface area (Å²) in [6.07, 6.45) is 0. The minimum absolute atomic E-state index is 0.0412. The number of halogens is 1. The molecule has 0 saturated carbocycles. The summed E-state index contributed by atoms with van der Waals surface area (Å²) >= 11 is 0. The van der Waals surface area contributed by atoms with Crippen molar-refractivity contribution in [2.45, 2.75) is 25.7 Å². The first-order valence-electron chi connectivity index (χ1n) is 5.82. The van der Waals surface area contributed by atoms with Crippen LogP contribution in [0.2, 0.25) is 0 Å². The van der Waals surface area contributed by atoms with E-state index in [9.17, 15) is 17.6 Å². The summed E-state index contributed by atoms with van der Waals surface area (Å²) in [5.74, 6) is -1.35. The molecule has 0 atom stereocenters. The molecule has 1 aromatic carbocycles. The third kappa shape index (κ3) is 3.45. The van der Waals surface area contributed by atoms with Gasteiger partial charge in [0.2, 0.25) is 15.9 Å². The quantitative estimate of drug-likeness (QED) is 0.687. The SMILES string of the molecule is Cc1c(N)cc(S(=O)(=O)NCC(C)(C)C(N)=O)cc1F. The molecule has 5 N–H and O–H groups in total. The van der Waals surface area contributed by atoms with Gasteiger partial charge in [0.25, 0.3) is 0 Å². The van der Waals surface area contributed by atoms with Crippen molar-refractivity contribution in [3.63, 3.8) is 0 Å². The Morgan fingerprint density at radius 2 is 1.95 bits per heavy atom. The molecule has 6 nitrogen and oxygen atoms in total. The number of nitrogen functional groups attached to an aromatic ring is 1. The Morgan fingerprint density at radius 3 is 2.40 bits per heavy atom. The Morgan fingerprint density at radius 1 is 1.40 bits per heavy atom. The smallest absolute Gasteiger partial charge is 0.240 e. The van der Waals surface area contributed by atoms with E-state index in [1.54, 1.807) is 0 Å². The van der Waals surface area contributed by atoms with E-state index in [4.69, 9.17) is 11.5 Å². The predicted molar refractivity (Wildman–Crippen MR) is 73.7 cm³/mol. The maximum atomic E-state index is 13.5. The fourth-order valence-corrected chi connectivity index (χ4v) is 2.53. The molecule has 0 fully saturated rings. The molecular weight excluding hydrogens is 285 g/mol. The van der Waals surface area contributed by atoms with Crippen LogP contribution in [0.25, 0.3) is 0 Å². The van der Waals surface area contributed by atoms with Crippen LogP contribution in [-0.4, -0.2) is 20.9 Å². The third-order valence-electron chi connectivity index (χ3n) is 3.04. The first-order valence-corrected chi connectivity index (χ1v) is 7.31. The van der Waals surface area contributed by atoms with Crippen molar-refractivity contribution >= 4 is 21.6 Å². The molecule has 0 aliphatic heterocycles. The van der Waals surface area contributed by atoms with E-state index in [1.807, 2.05) is 0 Å². The number of sulfonamides is 1. The fourth-order valence-electron chi connectivity index (χ4n) is 1.28. The van der Waals surface area contributed by atoms with Crippen LogP contribution >= 0.6 is 0 Å². The zero-order valence-electron chi connectivity index (χ0n) is 11.5. The zero-order chi connectivity index (χ0) is 15.7. The van der Waals surface area contributed by atoms with E-state index in [1.165, 1.54) is 20.8 Å². The lowest BCUT2D eigenvalue weighted by Crippen LogP contribution is -2.42. The Bertz CT molecular complexity index is 618. The van der Waals surface area contributed by atoms with E-state index in [2.05, 4.69) is 4.72 Å². The van der Waals surface area contributed by atoms with Crippen LogP contribution in [0.4, 0.5) is 10.1 Å². The van der Waals surface area contributed by atoms with Crippen molar-refractivity contribution in [1.29, 1.82) is 0 Å². The lowest BCUT2D eigenvalue weighted by Gasteiger charge is -2.20. The van der Waals surface area contributed by atoms with Crippen molar-refractivity contribution in [2.24, 2.45) is 11.1 Å².